The number of unbranched alkanes of at least 4 members (excludes halogenated alkanes) is 1. The fraction of sp³-hybridized carbons (Fsp3) is 0.583. The molecule has 1 aromatic heterocycles. The predicted octanol–water partition coefficient (Wildman–Crippen LogP) is 4.56. The van der Waals surface area contributed by atoms with Crippen molar-refractivity contribution in [3.05, 3.63) is 47.4 Å². The van der Waals surface area contributed by atoms with Crippen LogP contribution >= 0.6 is 0 Å². The van der Waals surface area contributed by atoms with Crippen LogP contribution in [0.25, 0.3) is 0 Å². The molecule has 0 N–H and O–H groups in total. The Bertz CT molecular complexity index is 846. The summed E-state index contributed by atoms with van der Waals surface area (Å²) in [7, 11) is 2.11. The van der Waals surface area contributed by atoms with Crippen LogP contribution in [0.5, 0.6) is 5.75 Å². The van der Waals surface area contributed by atoms with Gasteiger partial charge in [0, 0.05) is 19.9 Å². The zero-order valence-electron chi connectivity index (χ0n) is 18.9. The van der Waals surface area contributed by atoms with E-state index in [0.29, 0.717) is 43.6 Å². The van der Waals surface area contributed by atoms with Crippen LogP contribution in [0.4, 0.5) is 4.39 Å². The van der Waals surface area contributed by atoms with Crippen LogP contribution in [0.15, 0.2) is 28.9 Å². The quantitative estimate of drug-likeness (QED) is 0.516. The highest BCUT2D eigenvalue weighted by Crippen LogP contribution is 2.24. The van der Waals surface area contributed by atoms with Crippen LogP contribution < -0.4 is 4.74 Å². The Morgan fingerprint density at radius 3 is 2.74 bits per heavy atom. The molecule has 0 radical (unpaired) electrons. The van der Waals surface area contributed by atoms with Crippen molar-refractivity contribution in [1.29, 1.82) is 0 Å². The number of piperidine rings is 1. The number of benzene rings is 1. The molecular formula is C24H34FN3O3. The Morgan fingerprint density at radius 2 is 2.10 bits per heavy atom. The summed E-state index contributed by atoms with van der Waals surface area (Å²) in [5.41, 5.74) is 1.44. The Hall–Kier alpha value is -2.41. The zero-order valence-corrected chi connectivity index (χ0v) is 18.9. The minimum atomic E-state index is -0.395. The van der Waals surface area contributed by atoms with Gasteiger partial charge in [-0.05, 0) is 63.0 Å². The first-order chi connectivity index (χ1) is 14.9. The van der Waals surface area contributed by atoms with Crippen molar-refractivity contribution in [1.82, 2.24) is 14.8 Å². The lowest BCUT2D eigenvalue weighted by Gasteiger charge is -2.30. The highest BCUT2D eigenvalue weighted by Gasteiger charge is 2.24. The fourth-order valence-corrected chi connectivity index (χ4v) is 3.86. The number of nitrogens with zero attached hydrogens (tertiary/aromatic N) is 3. The first-order valence-electron chi connectivity index (χ1n) is 11.2. The first-order valence-corrected chi connectivity index (χ1v) is 11.2. The molecule has 1 aliphatic rings. The minimum Gasteiger partial charge on any atom is -0.491 e. The van der Waals surface area contributed by atoms with Gasteiger partial charge in [-0.2, -0.15) is 0 Å². The summed E-state index contributed by atoms with van der Waals surface area (Å²) >= 11 is 0. The lowest BCUT2D eigenvalue weighted by Crippen LogP contribution is -2.35. The van der Waals surface area contributed by atoms with E-state index in [4.69, 9.17) is 9.15 Å². The van der Waals surface area contributed by atoms with Gasteiger partial charge in [0.25, 0.3) is 0 Å². The molecule has 1 amide bonds. The Labute approximate surface area is 184 Å². The number of halogens is 1. The average Bonchev–Trinajstić information content (AvgIpc) is 3.15. The highest BCUT2D eigenvalue weighted by molar-refractivity contribution is 5.76. The van der Waals surface area contributed by atoms with Gasteiger partial charge >= 0.3 is 0 Å². The van der Waals surface area contributed by atoms with Crippen molar-refractivity contribution in [3.8, 4) is 5.75 Å². The number of aromatic nitrogens is 1. The summed E-state index contributed by atoms with van der Waals surface area (Å²) in [6.45, 7) is 7.05. The standard InChI is InChI=1S/C24H34FN3O3/c1-4-5-12-30-23-7-6-20(13-22(23)25)15-28(16-21-17-31-18(2)26-21)24(29)14-19-8-10-27(3)11-9-19/h6-7,13,17,19H,4-5,8-12,14-16H2,1-3H3. The van der Waals surface area contributed by atoms with E-state index in [2.05, 4.69) is 23.9 Å². The zero-order chi connectivity index (χ0) is 22.2. The predicted molar refractivity (Wildman–Crippen MR) is 117 cm³/mol. The molecule has 1 aliphatic heterocycles. The van der Waals surface area contributed by atoms with Crippen LogP contribution in [0, 0.1) is 18.7 Å². The van der Waals surface area contributed by atoms with Crippen molar-refractivity contribution in [3.63, 3.8) is 0 Å². The molecule has 0 saturated carbocycles. The Balaban J connectivity index is 1.68. The molecule has 2 aromatic rings. The second-order valence-corrected chi connectivity index (χ2v) is 8.53. The van der Waals surface area contributed by atoms with E-state index in [-0.39, 0.29) is 11.7 Å². The van der Waals surface area contributed by atoms with E-state index in [1.807, 2.05) is 6.07 Å². The van der Waals surface area contributed by atoms with E-state index >= 15 is 0 Å². The third kappa shape index (κ3) is 7.06. The topological polar surface area (TPSA) is 58.8 Å². The maximum absolute atomic E-state index is 14.5. The summed E-state index contributed by atoms with van der Waals surface area (Å²) in [6, 6.07) is 4.94. The third-order valence-electron chi connectivity index (χ3n) is 5.80. The van der Waals surface area contributed by atoms with Gasteiger partial charge < -0.3 is 19.0 Å². The van der Waals surface area contributed by atoms with Gasteiger partial charge in [-0.1, -0.05) is 19.4 Å². The molecule has 0 bridgehead atoms. The Morgan fingerprint density at radius 1 is 1.32 bits per heavy atom. The number of hydrogen-bond acceptors (Lipinski definition) is 5. The molecule has 1 fully saturated rings. The van der Waals surface area contributed by atoms with Crippen molar-refractivity contribution >= 4 is 5.91 Å². The number of aryl methyl sites for hydroxylation is 1. The number of amides is 1. The molecule has 0 unspecified atom stereocenters. The minimum absolute atomic E-state index is 0.0684. The molecule has 1 aromatic carbocycles. The molecule has 0 spiro atoms. The molecule has 170 valence electrons. The summed E-state index contributed by atoms with van der Waals surface area (Å²) in [5.74, 6) is 0.884. The maximum atomic E-state index is 14.5. The Kier molecular flexibility index (Phi) is 8.46. The van der Waals surface area contributed by atoms with Crippen molar-refractivity contribution in [2.45, 2.75) is 59.0 Å². The molecule has 31 heavy (non-hydrogen) atoms. The average molecular weight is 432 g/mol. The van der Waals surface area contributed by atoms with Crippen LogP contribution in [-0.4, -0.2) is 47.4 Å². The summed E-state index contributed by atoms with van der Waals surface area (Å²) in [6.07, 6.45) is 6.02. The van der Waals surface area contributed by atoms with Gasteiger partial charge in [0.1, 0.15) is 6.26 Å². The van der Waals surface area contributed by atoms with Gasteiger partial charge in [0.05, 0.1) is 18.8 Å². The molecule has 3 rings (SSSR count). The second kappa shape index (κ2) is 11.3. The smallest absolute Gasteiger partial charge is 0.223 e. The number of ether oxygens (including phenoxy) is 1. The van der Waals surface area contributed by atoms with Gasteiger partial charge in [0.15, 0.2) is 17.5 Å². The lowest BCUT2D eigenvalue weighted by molar-refractivity contribution is -0.133. The third-order valence-corrected chi connectivity index (χ3v) is 5.80. The summed E-state index contributed by atoms with van der Waals surface area (Å²) < 4.78 is 25.3. The maximum Gasteiger partial charge on any atom is 0.223 e. The van der Waals surface area contributed by atoms with Crippen molar-refractivity contribution in [2.24, 2.45) is 5.92 Å². The van der Waals surface area contributed by atoms with Crippen LogP contribution in [-0.2, 0) is 17.9 Å². The second-order valence-electron chi connectivity index (χ2n) is 8.53. The van der Waals surface area contributed by atoms with E-state index < -0.39 is 5.82 Å². The van der Waals surface area contributed by atoms with Gasteiger partial charge in [0.2, 0.25) is 5.91 Å². The monoisotopic (exact) mass is 431 g/mol. The molecule has 6 nitrogen and oxygen atoms in total. The number of carbonyl (C=O) groups excluding carboxylic acids is 1. The normalized spacial score (nSPS) is 15.2. The number of carbonyl (C=O) groups is 1. The number of likely N-dealkylation sites (tertiary alicyclic amines) is 1. The molecule has 2 heterocycles. The highest BCUT2D eigenvalue weighted by atomic mass is 19.1. The molecule has 0 atom stereocenters. The number of oxazole rings is 1. The van der Waals surface area contributed by atoms with Crippen LogP contribution in [0.3, 0.4) is 0 Å². The molecule has 7 heteroatoms. The van der Waals surface area contributed by atoms with Crippen LogP contribution in [0.1, 0.15) is 56.2 Å². The first kappa shape index (κ1) is 23.3. The lowest BCUT2D eigenvalue weighted by atomic mass is 9.93. The van der Waals surface area contributed by atoms with Crippen molar-refractivity contribution in [2.75, 3.05) is 26.7 Å². The number of rotatable bonds is 10. The largest absolute Gasteiger partial charge is 0.491 e. The van der Waals surface area contributed by atoms with E-state index in [1.54, 1.807) is 24.2 Å². The van der Waals surface area contributed by atoms with Gasteiger partial charge in [-0.15, -0.1) is 0 Å². The SMILES string of the molecule is CCCCOc1ccc(CN(Cc2coc(C)n2)C(=O)CC2CCN(C)CC2)cc1F. The van der Waals surface area contributed by atoms with Gasteiger partial charge in [-0.3, -0.25) is 4.79 Å². The fourth-order valence-electron chi connectivity index (χ4n) is 3.86. The number of hydrogen-bond donors (Lipinski definition) is 0. The summed E-state index contributed by atoms with van der Waals surface area (Å²) in [4.78, 5) is 21.6. The van der Waals surface area contributed by atoms with Crippen LogP contribution in [0.2, 0.25) is 0 Å². The van der Waals surface area contributed by atoms with E-state index in [1.165, 1.54) is 6.07 Å². The summed E-state index contributed by atoms with van der Waals surface area (Å²) in [5, 5.41) is 0. The molecule has 1 saturated heterocycles. The molecule has 0 aliphatic carbocycles. The van der Waals surface area contributed by atoms with E-state index in [9.17, 15) is 9.18 Å². The van der Waals surface area contributed by atoms with Gasteiger partial charge in [-0.25, -0.2) is 9.37 Å². The molecular weight excluding hydrogens is 397 g/mol. The van der Waals surface area contributed by atoms with E-state index in [0.717, 1.165) is 44.3 Å². The van der Waals surface area contributed by atoms with Crippen molar-refractivity contribution < 1.29 is 18.3 Å².